The van der Waals surface area contributed by atoms with Crippen molar-refractivity contribution in [2.75, 3.05) is 6.61 Å². The first-order chi connectivity index (χ1) is 8.31. The number of para-hydroxylation sites is 1. The third-order valence-corrected chi connectivity index (χ3v) is 2.90. The Morgan fingerprint density at radius 1 is 1.41 bits per heavy atom. The Bertz CT molecular complexity index is 381. The zero-order chi connectivity index (χ0) is 12.1. The molecule has 92 valence electrons. The highest BCUT2D eigenvalue weighted by Gasteiger charge is 2.18. The molecule has 0 aliphatic carbocycles. The topological polar surface area (TPSA) is 35.5 Å². The van der Waals surface area contributed by atoms with E-state index in [2.05, 4.69) is 0 Å². The third kappa shape index (κ3) is 3.07. The Kier molecular flexibility index (Phi) is 4.15. The van der Waals surface area contributed by atoms with Gasteiger partial charge in [-0.3, -0.25) is 4.79 Å². The second-order valence-electron chi connectivity index (χ2n) is 4.19. The lowest BCUT2D eigenvalue weighted by Gasteiger charge is -2.24. The van der Waals surface area contributed by atoms with Gasteiger partial charge in [-0.05, 0) is 25.0 Å². The second kappa shape index (κ2) is 5.82. The van der Waals surface area contributed by atoms with E-state index >= 15 is 0 Å². The van der Waals surface area contributed by atoms with Crippen molar-refractivity contribution in [2.24, 2.45) is 0 Å². The number of hydrogen-bond acceptors (Lipinski definition) is 3. The lowest BCUT2D eigenvalue weighted by atomic mass is 10.1. The Hall–Kier alpha value is -1.35. The van der Waals surface area contributed by atoms with Crippen LogP contribution in [0.4, 0.5) is 0 Å². The number of ether oxygens (including phenoxy) is 2. The van der Waals surface area contributed by atoms with Crippen molar-refractivity contribution in [3.63, 3.8) is 0 Å². The summed E-state index contributed by atoms with van der Waals surface area (Å²) in [5.74, 6) is 0.752. The normalized spacial score (nSPS) is 19.9. The molecule has 1 aromatic rings. The molecule has 17 heavy (non-hydrogen) atoms. The number of benzene rings is 1. The van der Waals surface area contributed by atoms with Crippen LogP contribution in [0.25, 0.3) is 0 Å². The van der Waals surface area contributed by atoms with Crippen molar-refractivity contribution in [1.29, 1.82) is 0 Å². The van der Waals surface area contributed by atoms with E-state index in [1.165, 1.54) is 0 Å². The minimum atomic E-state index is -0.199. The van der Waals surface area contributed by atoms with Crippen molar-refractivity contribution in [3.8, 4) is 5.75 Å². The Labute approximate surface area is 102 Å². The number of rotatable bonds is 4. The molecule has 0 radical (unpaired) electrons. The number of ketones is 1. The molecule has 1 saturated heterocycles. The van der Waals surface area contributed by atoms with Gasteiger partial charge in [0.2, 0.25) is 0 Å². The van der Waals surface area contributed by atoms with Crippen molar-refractivity contribution < 1.29 is 14.3 Å². The molecule has 1 aliphatic rings. The quantitative estimate of drug-likeness (QED) is 0.750. The van der Waals surface area contributed by atoms with Crippen LogP contribution in [-0.4, -0.2) is 18.7 Å². The molecule has 0 saturated carbocycles. The minimum absolute atomic E-state index is 0.108. The van der Waals surface area contributed by atoms with Crippen LogP contribution in [0.1, 0.15) is 43.0 Å². The zero-order valence-corrected chi connectivity index (χ0v) is 10.1. The van der Waals surface area contributed by atoms with Gasteiger partial charge >= 0.3 is 0 Å². The summed E-state index contributed by atoms with van der Waals surface area (Å²) in [5, 5.41) is 0. The Balaban J connectivity index is 2.11. The zero-order valence-electron chi connectivity index (χ0n) is 10.1. The van der Waals surface area contributed by atoms with E-state index in [0.717, 1.165) is 25.9 Å². The summed E-state index contributed by atoms with van der Waals surface area (Å²) in [5.41, 5.74) is 0.657. The van der Waals surface area contributed by atoms with Gasteiger partial charge in [0.15, 0.2) is 12.1 Å². The number of hydrogen-bond donors (Lipinski definition) is 0. The van der Waals surface area contributed by atoms with Gasteiger partial charge in [-0.15, -0.1) is 0 Å². The van der Waals surface area contributed by atoms with Crippen LogP contribution in [0.5, 0.6) is 5.75 Å². The minimum Gasteiger partial charge on any atom is -0.464 e. The summed E-state index contributed by atoms with van der Waals surface area (Å²) < 4.78 is 11.3. The molecule has 3 heteroatoms. The maximum Gasteiger partial charge on any atom is 0.199 e. The Morgan fingerprint density at radius 3 is 2.94 bits per heavy atom. The van der Waals surface area contributed by atoms with Crippen molar-refractivity contribution >= 4 is 5.78 Å². The van der Waals surface area contributed by atoms with E-state index in [-0.39, 0.29) is 12.1 Å². The highest BCUT2D eigenvalue weighted by Crippen LogP contribution is 2.24. The largest absolute Gasteiger partial charge is 0.464 e. The van der Waals surface area contributed by atoms with Crippen molar-refractivity contribution in [2.45, 2.75) is 38.9 Å². The SMILES string of the molecule is CCC(=O)c1ccccc1OC1CCCCO1. The van der Waals surface area contributed by atoms with Crippen molar-refractivity contribution in [3.05, 3.63) is 29.8 Å². The van der Waals surface area contributed by atoms with Gasteiger partial charge in [-0.1, -0.05) is 19.1 Å². The van der Waals surface area contributed by atoms with E-state index in [9.17, 15) is 4.79 Å². The van der Waals surface area contributed by atoms with Gasteiger partial charge in [0.05, 0.1) is 12.2 Å². The van der Waals surface area contributed by atoms with Crippen LogP contribution in [0, 0.1) is 0 Å². The molecular weight excluding hydrogens is 216 g/mol. The fourth-order valence-corrected chi connectivity index (χ4v) is 1.94. The van der Waals surface area contributed by atoms with Crippen LogP contribution in [0.3, 0.4) is 0 Å². The molecule has 1 heterocycles. The van der Waals surface area contributed by atoms with Gasteiger partial charge in [0.25, 0.3) is 0 Å². The van der Waals surface area contributed by atoms with Gasteiger partial charge in [0.1, 0.15) is 5.75 Å². The number of carbonyl (C=O) groups is 1. The molecule has 1 aliphatic heterocycles. The molecule has 1 atom stereocenters. The molecular formula is C14H18O3. The molecule has 3 nitrogen and oxygen atoms in total. The number of carbonyl (C=O) groups excluding carboxylic acids is 1. The summed E-state index contributed by atoms with van der Waals surface area (Å²) in [4.78, 5) is 11.8. The summed E-state index contributed by atoms with van der Waals surface area (Å²) in [7, 11) is 0. The van der Waals surface area contributed by atoms with E-state index in [1.807, 2.05) is 31.2 Å². The smallest absolute Gasteiger partial charge is 0.199 e. The highest BCUT2D eigenvalue weighted by molar-refractivity contribution is 5.98. The summed E-state index contributed by atoms with van der Waals surface area (Å²) in [6.45, 7) is 2.60. The summed E-state index contributed by atoms with van der Waals surface area (Å²) in [6.07, 6.45) is 3.40. The van der Waals surface area contributed by atoms with Crippen LogP contribution >= 0.6 is 0 Å². The first kappa shape index (κ1) is 12.1. The molecule has 0 spiro atoms. The standard InChI is InChI=1S/C14H18O3/c1-2-12(15)11-7-3-4-8-13(11)17-14-9-5-6-10-16-14/h3-4,7-8,14H,2,5-6,9-10H2,1H3. The average Bonchev–Trinajstić information content (AvgIpc) is 2.40. The first-order valence-corrected chi connectivity index (χ1v) is 6.21. The molecule has 2 rings (SSSR count). The molecule has 1 fully saturated rings. The monoisotopic (exact) mass is 234 g/mol. The highest BCUT2D eigenvalue weighted by atomic mass is 16.7. The molecule has 0 N–H and O–H groups in total. The molecule has 0 amide bonds. The van der Waals surface area contributed by atoms with Crippen LogP contribution < -0.4 is 4.74 Å². The maximum absolute atomic E-state index is 11.8. The van der Waals surface area contributed by atoms with E-state index < -0.39 is 0 Å². The Morgan fingerprint density at radius 2 is 2.24 bits per heavy atom. The molecule has 1 unspecified atom stereocenters. The third-order valence-electron chi connectivity index (χ3n) is 2.90. The predicted molar refractivity (Wildman–Crippen MR) is 65.3 cm³/mol. The van der Waals surface area contributed by atoms with Gasteiger partial charge in [-0.25, -0.2) is 0 Å². The summed E-state index contributed by atoms with van der Waals surface area (Å²) in [6, 6.07) is 7.38. The van der Waals surface area contributed by atoms with Gasteiger partial charge in [0, 0.05) is 12.8 Å². The summed E-state index contributed by atoms with van der Waals surface area (Å²) >= 11 is 0. The fourth-order valence-electron chi connectivity index (χ4n) is 1.94. The fraction of sp³-hybridized carbons (Fsp3) is 0.500. The van der Waals surface area contributed by atoms with Crippen LogP contribution in [-0.2, 0) is 4.74 Å². The maximum atomic E-state index is 11.8. The number of Topliss-reactive ketones (excluding diaryl/α,β-unsaturated/α-hetero) is 1. The van der Waals surface area contributed by atoms with Crippen molar-refractivity contribution in [1.82, 2.24) is 0 Å². The lowest BCUT2D eigenvalue weighted by Crippen LogP contribution is -2.25. The van der Waals surface area contributed by atoms with E-state index in [0.29, 0.717) is 17.7 Å². The molecule has 0 bridgehead atoms. The van der Waals surface area contributed by atoms with Gasteiger partial charge < -0.3 is 9.47 Å². The van der Waals surface area contributed by atoms with Crippen LogP contribution in [0.15, 0.2) is 24.3 Å². The first-order valence-electron chi connectivity index (χ1n) is 6.21. The van der Waals surface area contributed by atoms with E-state index in [4.69, 9.17) is 9.47 Å². The second-order valence-corrected chi connectivity index (χ2v) is 4.19. The van der Waals surface area contributed by atoms with E-state index in [1.54, 1.807) is 0 Å². The molecule has 0 aromatic heterocycles. The molecule has 1 aromatic carbocycles. The predicted octanol–water partition coefficient (Wildman–Crippen LogP) is 3.18. The van der Waals surface area contributed by atoms with Crippen LogP contribution in [0.2, 0.25) is 0 Å². The lowest BCUT2D eigenvalue weighted by molar-refractivity contribution is -0.106. The van der Waals surface area contributed by atoms with Gasteiger partial charge in [-0.2, -0.15) is 0 Å². The average molecular weight is 234 g/mol.